The van der Waals surface area contributed by atoms with Gasteiger partial charge >= 0.3 is 5.63 Å². The highest BCUT2D eigenvalue weighted by atomic mass is 35.5. The Morgan fingerprint density at radius 3 is 2.59 bits per heavy atom. The number of halogens is 1. The van der Waals surface area contributed by atoms with Crippen molar-refractivity contribution in [3.8, 4) is 22.6 Å². The van der Waals surface area contributed by atoms with Gasteiger partial charge in [-0.05, 0) is 72.6 Å². The van der Waals surface area contributed by atoms with Crippen molar-refractivity contribution < 1.29 is 13.6 Å². The number of anilines is 1. The fourth-order valence-corrected chi connectivity index (χ4v) is 4.36. The lowest BCUT2D eigenvalue weighted by Gasteiger charge is -2.10. The number of aromatic nitrogens is 1. The predicted octanol–water partition coefficient (Wildman–Crippen LogP) is 7.48. The number of hydrogen-bond acceptors (Lipinski definition) is 5. The van der Waals surface area contributed by atoms with Gasteiger partial charge in [-0.2, -0.15) is 0 Å². The number of amides is 1. The average molecular weight is 507 g/mol. The Balaban J connectivity index is 1.31. The Hall–Kier alpha value is -4.68. The summed E-state index contributed by atoms with van der Waals surface area (Å²) in [5.41, 5.74) is 4.95. The van der Waals surface area contributed by atoms with Crippen molar-refractivity contribution in [2.24, 2.45) is 0 Å². The van der Waals surface area contributed by atoms with Crippen LogP contribution in [0.1, 0.15) is 15.9 Å². The molecule has 180 valence electrons. The maximum atomic E-state index is 13.2. The molecule has 2 heterocycles. The van der Waals surface area contributed by atoms with Crippen molar-refractivity contribution in [3.05, 3.63) is 118 Å². The average Bonchev–Trinajstić information content (AvgIpc) is 3.33. The second-order valence-electron chi connectivity index (χ2n) is 8.71. The van der Waals surface area contributed by atoms with Crippen LogP contribution in [0.4, 0.5) is 5.69 Å². The van der Waals surface area contributed by atoms with Gasteiger partial charge in [-0.25, -0.2) is 9.78 Å². The van der Waals surface area contributed by atoms with Crippen molar-refractivity contribution in [1.29, 1.82) is 0 Å². The summed E-state index contributed by atoms with van der Waals surface area (Å²) in [5.74, 6) is 0.0528. The first-order valence-corrected chi connectivity index (χ1v) is 11.9. The second kappa shape index (κ2) is 9.08. The van der Waals surface area contributed by atoms with Crippen LogP contribution in [0.3, 0.4) is 0 Å². The number of para-hydroxylation sites is 1. The molecule has 4 aromatic carbocycles. The Morgan fingerprint density at radius 1 is 0.838 bits per heavy atom. The summed E-state index contributed by atoms with van der Waals surface area (Å²) < 4.78 is 11.4. The number of oxazole rings is 1. The molecule has 0 fully saturated rings. The van der Waals surface area contributed by atoms with Gasteiger partial charge in [-0.1, -0.05) is 48.0 Å². The molecule has 2 aromatic heterocycles. The van der Waals surface area contributed by atoms with E-state index in [1.807, 2.05) is 37.3 Å². The van der Waals surface area contributed by atoms with Gasteiger partial charge in [0.05, 0.1) is 16.3 Å². The molecule has 0 atom stereocenters. The molecule has 6 aromatic rings. The molecular weight excluding hydrogens is 488 g/mol. The molecule has 0 saturated heterocycles. The molecule has 0 aliphatic rings. The highest BCUT2D eigenvalue weighted by Gasteiger charge is 2.15. The summed E-state index contributed by atoms with van der Waals surface area (Å²) in [6.45, 7) is 1.99. The van der Waals surface area contributed by atoms with Crippen LogP contribution in [0.2, 0.25) is 5.02 Å². The van der Waals surface area contributed by atoms with Crippen molar-refractivity contribution in [2.75, 3.05) is 5.32 Å². The molecule has 0 bridgehead atoms. The van der Waals surface area contributed by atoms with Crippen LogP contribution >= 0.6 is 11.6 Å². The van der Waals surface area contributed by atoms with Gasteiger partial charge in [0.1, 0.15) is 11.1 Å². The van der Waals surface area contributed by atoms with Gasteiger partial charge < -0.3 is 14.2 Å². The third-order valence-corrected chi connectivity index (χ3v) is 6.41. The van der Waals surface area contributed by atoms with Crippen LogP contribution in [0, 0.1) is 6.92 Å². The molecule has 0 unspecified atom stereocenters. The minimum Gasteiger partial charge on any atom is -0.436 e. The molecule has 1 amide bonds. The molecule has 37 heavy (non-hydrogen) atoms. The second-order valence-corrected chi connectivity index (χ2v) is 9.11. The fraction of sp³-hybridized carbons (Fsp3) is 0.0333. The minimum atomic E-state index is -0.472. The third kappa shape index (κ3) is 4.39. The maximum Gasteiger partial charge on any atom is 0.344 e. The summed E-state index contributed by atoms with van der Waals surface area (Å²) >= 11 is 6.40. The molecule has 0 aliphatic heterocycles. The molecule has 6 rings (SSSR count). The van der Waals surface area contributed by atoms with Gasteiger partial charge in [0, 0.05) is 16.5 Å². The Labute approximate surface area is 216 Å². The molecule has 0 radical (unpaired) electrons. The molecular formula is C30H19ClN2O4. The third-order valence-electron chi connectivity index (χ3n) is 6.08. The first kappa shape index (κ1) is 22.8. The van der Waals surface area contributed by atoms with Gasteiger partial charge in [0.25, 0.3) is 5.91 Å². The zero-order chi connectivity index (χ0) is 25.5. The lowest BCUT2D eigenvalue weighted by molar-refractivity contribution is 0.102. The Morgan fingerprint density at radius 2 is 1.70 bits per heavy atom. The van der Waals surface area contributed by atoms with Crippen molar-refractivity contribution in [1.82, 2.24) is 4.98 Å². The van der Waals surface area contributed by atoms with Gasteiger partial charge in [-0.15, -0.1) is 0 Å². The predicted molar refractivity (Wildman–Crippen MR) is 145 cm³/mol. The summed E-state index contributed by atoms with van der Waals surface area (Å²) in [4.78, 5) is 30.3. The highest BCUT2D eigenvalue weighted by Crippen LogP contribution is 2.31. The van der Waals surface area contributed by atoms with Crippen molar-refractivity contribution >= 4 is 45.3 Å². The SMILES string of the molecule is Cc1ccc2nc(-c3ccc(Cl)c(NC(=O)c4cccc(-c5cc6ccccc6oc5=O)c4)c3)oc2c1. The van der Waals surface area contributed by atoms with Crippen LogP contribution in [0.25, 0.3) is 44.7 Å². The summed E-state index contributed by atoms with van der Waals surface area (Å²) in [7, 11) is 0. The quantitative estimate of drug-likeness (QED) is 0.250. The van der Waals surface area contributed by atoms with E-state index in [0.717, 1.165) is 16.5 Å². The summed E-state index contributed by atoms with van der Waals surface area (Å²) in [6, 6.07) is 26.8. The number of aryl methyl sites for hydroxylation is 1. The van der Waals surface area contributed by atoms with E-state index in [0.29, 0.717) is 50.0 Å². The van der Waals surface area contributed by atoms with E-state index in [-0.39, 0.29) is 5.91 Å². The van der Waals surface area contributed by atoms with E-state index in [4.69, 9.17) is 20.4 Å². The van der Waals surface area contributed by atoms with Crippen LogP contribution in [0.15, 0.2) is 105 Å². The molecule has 0 aliphatic carbocycles. The number of carbonyl (C=O) groups is 1. The Kier molecular flexibility index (Phi) is 5.58. The summed E-state index contributed by atoms with van der Waals surface area (Å²) in [5, 5.41) is 4.03. The van der Waals surface area contributed by atoms with Crippen LogP contribution in [-0.2, 0) is 0 Å². The molecule has 0 saturated carbocycles. The normalized spacial score (nSPS) is 11.2. The first-order valence-electron chi connectivity index (χ1n) is 11.6. The number of nitrogens with zero attached hydrogens (tertiary/aromatic N) is 1. The smallest absolute Gasteiger partial charge is 0.344 e. The highest BCUT2D eigenvalue weighted by molar-refractivity contribution is 6.34. The number of hydrogen-bond donors (Lipinski definition) is 1. The zero-order valence-electron chi connectivity index (χ0n) is 19.6. The largest absolute Gasteiger partial charge is 0.436 e. The number of nitrogens with one attached hydrogen (secondary N) is 1. The standard InChI is InChI=1S/C30H19ClN2O4/c1-17-9-12-24-27(13-17)36-29(33-24)21-10-11-23(31)25(16-21)32-28(34)20-7-4-6-18(14-20)22-15-19-5-2-3-8-26(19)37-30(22)35/h2-16H,1H3,(H,32,34). The molecule has 7 heteroatoms. The molecule has 0 spiro atoms. The number of fused-ring (bicyclic) bond motifs is 2. The lowest BCUT2D eigenvalue weighted by Crippen LogP contribution is -2.12. The minimum absolute atomic E-state index is 0.365. The summed E-state index contributed by atoms with van der Waals surface area (Å²) in [6.07, 6.45) is 0. The van der Waals surface area contributed by atoms with Crippen molar-refractivity contribution in [2.45, 2.75) is 6.92 Å². The van der Waals surface area contributed by atoms with E-state index < -0.39 is 5.63 Å². The molecule has 6 nitrogen and oxygen atoms in total. The van der Waals surface area contributed by atoms with Crippen LogP contribution in [-0.4, -0.2) is 10.9 Å². The Bertz CT molecular complexity index is 1890. The van der Waals surface area contributed by atoms with E-state index >= 15 is 0 Å². The number of benzene rings is 4. The van der Waals surface area contributed by atoms with E-state index in [1.165, 1.54) is 0 Å². The lowest BCUT2D eigenvalue weighted by atomic mass is 10.0. The van der Waals surface area contributed by atoms with Gasteiger partial charge in [0.15, 0.2) is 5.58 Å². The zero-order valence-corrected chi connectivity index (χ0v) is 20.4. The maximum absolute atomic E-state index is 13.2. The number of carbonyl (C=O) groups excluding carboxylic acids is 1. The van der Waals surface area contributed by atoms with Crippen LogP contribution in [0.5, 0.6) is 0 Å². The number of rotatable bonds is 4. The fourth-order valence-electron chi connectivity index (χ4n) is 4.20. The monoisotopic (exact) mass is 506 g/mol. The van der Waals surface area contributed by atoms with Crippen LogP contribution < -0.4 is 10.9 Å². The van der Waals surface area contributed by atoms with E-state index in [1.54, 1.807) is 60.7 Å². The molecule has 1 N–H and O–H groups in total. The first-order chi connectivity index (χ1) is 17.9. The van der Waals surface area contributed by atoms with Gasteiger partial charge in [0.2, 0.25) is 5.89 Å². The van der Waals surface area contributed by atoms with Crippen molar-refractivity contribution in [3.63, 3.8) is 0 Å². The van der Waals surface area contributed by atoms with Gasteiger partial charge in [-0.3, -0.25) is 4.79 Å². The van der Waals surface area contributed by atoms with E-state index in [9.17, 15) is 9.59 Å². The topological polar surface area (TPSA) is 85.3 Å². The van der Waals surface area contributed by atoms with E-state index in [2.05, 4.69) is 10.3 Å².